The zero-order valence-electron chi connectivity index (χ0n) is 13.1. The SMILES string of the molecule is O=C1NC(=S)N(c2ccccc2)C(=O)/C1=C/c1ccc(O)c([N+](=O)[O-])c1. The molecule has 130 valence electrons. The van der Waals surface area contributed by atoms with Crippen LogP contribution in [0.5, 0.6) is 5.75 Å². The molecule has 0 atom stereocenters. The molecule has 1 fully saturated rings. The highest BCUT2D eigenvalue weighted by atomic mass is 32.1. The summed E-state index contributed by atoms with van der Waals surface area (Å²) in [7, 11) is 0. The van der Waals surface area contributed by atoms with E-state index in [1.807, 2.05) is 0 Å². The number of para-hydroxylation sites is 1. The van der Waals surface area contributed by atoms with E-state index in [-0.39, 0.29) is 16.2 Å². The molecule has 0 aliphatic carbocycles. The number of hydrogen-bond acceptors (Lipinski definition) is 6. The Labute approximate surface area is 152 Å². The van der Waals surface area contributed by atoms with E-state index in [0.29, 0.717) is 5.69 Å². The van der Waals surface area contributed by atoms with Crippen molar-refractivity contribution in [1.82, 2.24) is 5.32 Å². The molecule has 0 aromatic heterocycles. The number of nitrogens with one attached hydrogen (secondary N) is 1. The van der Waals surface area contributed by atoms with Gasteiger partial charge in [-0.2, -0.15) is 0 Å². The number of thiocarbonyl (C=S) groups is 1. The first-order valence-corrected chi connectivity index (χ1v) is 7.73. The normalized spacial score (nSPS) is 15.9. The lowest BCUT2D eigenvalue weighted by atomic mass is 10.1. The Morgan fingerprint density at radius 3 is 2.50 bits per heavy atom. The third-order valence-corrected chi connectivity index (χ3v) is 3.91. The molecule has 0 radical (unpaired) electrons. The minimum absolute atomic E-state index is 0.0555. The largest absolute Gasteiger partial charge is 0.502 e. The molecule has 1 aliphatic rings. The summed E-state index contributed by atoms with van der Waals surface area (Å²) in [5, 5.41) is 22.8. The molecule has 2 amide bonds. The first-order valence-electron chi connectivity index (χ1n) is 7.32. The fraction of sp³-hybridized carbons (Fsp3) is 0. The fourth-order valence-corrected chi connectivity index (χ4v) is 2.69. The van der Waals surface area contributed by atoms with Gasteiger partial charge < -0.3 is 5.11 Å². The fourth-order valence-electron chi connectivity index (χ4n) is 2.41. The summed E-state index contributed by atoms with van der Waals surface area (Å²) in [5.74, 6) is -1.87. The molecule has 3 rings (SSSR count). The van der Waals surface area contributed by atoms with Crippen molar-refractivity contribution in [2.75, 3.05) is 4.90 Å². The monoisotopic (exact) mass is 369 g/mol. The number of phenolic OH excluding ortho intramolecular Hbond substituents is 1. The number of nitrogens with zero attached hydrogens (tertiary/aromatic N) is 2. The van der Waals surface area contributed by atoms with Crippen molar-refractivity contribution >= 4 is 46.6 Å². The predicted octanol–water partition coefficient (Wildman–Crippen LogP) is 2.13. The zero-order valence-corrected chi connectivity index (χ0v) is 13.9. The summed E-state index contributed by atoms with van der Waals surface area (Å²) < 4.78 is 0. The molecule has 9 heteroatoms. The van der Waals surface area contributed by atoms with Gasteiger partial charge in [-0.15, -0.1) is 0 Å². The standard InChI is InChI=1S/C17H11N3O5S/c21-14-7-6-10(9-13(14)20(24)25)8-12-15(22)18-17(26)19(16(12)23)11-4-2-1-3-5-11/h1-9,21H,(H,18,22,26)/b12-8+. The van der Waals surface area contributed by atoms with Crippen molar-refractivity contribution in [3.05, 3.63) is 69.8 Å². The van der Waals surface area contributed by atoms with Gasteiger partial charge in [0.2, 0.25) is 0 Å². The molecule has 0 bridgehead atoms. The van der Waals surface area contributed by atoms with Crippen LogP contribution in [0.25, 0.3) is 6.08 Å². The van der Waals surface area contributed by atoms with Gasteiger partial charge >= 0.3 is 5.69 Å². The highest BCUT2D eigenvalue weighted by Crippen LogP contribution is 2.28. The molecule has 2 N–H and O–H groups in total. The first-order chi connectivity index (χ1) is 12.4. The molecule has 2 aromatic carbocycles. The van der Waals surface area contributed by atoms with Gasteiger partial charge in [0, 0.05) is 6.07 Å². The Morgan fingerprint density at radius 2 is 1.85 bits per heavy atom. The van der Waals surface area contributed by atoms with Gasteiger partial charge in [-0.1, -0.05) is 24.3 Å². The Hall–Kier alpha value is -3.59. The second kappa shape index (κ2) is 6.73. The molecule has 1 aliphatic heterocycles. The average Bonchev–Trinajstić information content (AvgIpc) is 2.60. The van der Waals surface area contributed by atoms with Crippen LogP contribution in [0.15, 0.2) is 54.1 Å². The summed E-state index contributed by atoms with van der Waals surface area (Å²) in [6, 6.07) is 12.1. The van der Waals surface area contributed by atoms with Crippen molar-refractivity contribution in [3.8, 4) is 5.75 Å². The Bertz CT molecular complexity index is 972. The molecular formula is C17H11N3O5S. The summed E-state index contributed by atoms with van der Waals surface area (Å²) in [5.41, 5.74) is -0.0696. The Balaban J connectivity index is 2.04. The van der Waals surface area contributed by atoms with Gasteiger partial charge in [0.1, 0.15) is 5.57 Å². The number of anilines is 1. The van der Waals surface area contributed by atoms with Crippen LogP contribution in [-0.4, -0.2) is 27.0 Å². The van der Waals surface area contributed by atoms with E-state index in [1.54, 1.807) is 30.3 Å². The maximum Gasteiger partial charge on any atom is 0.311 e. The lowest BCUT2D eigenvalue weighted by Crippen LogP contribution is -2.54. The van der Waals surface area contributed by atoms with Crippen LogP contribution in [0.4, 0.5) is 11.4 Å². The third kappa shape index (κ3) is 3.15. The number of nitro groups is 1. The number of nitro benzene ring substituents is 1. The van der Waals surface area contributed by atoms with E-state index < -0.39 is 28.2 Å². The van der Waals surface area contributed by atoms with E-state index >= 15 is 0 Å². The van der Waals surface area contributed by atoms with E-state index in [4.69, 9.17) is 12.2 Å². The number of carbonyl (C=O) groups excluding carboxylic acids is 2. The van der Waals surface area contributed by atoms with Gasteiger partial charge in [0.05, 0.1) is 10.6 Å². The molecule has 2 aromatic rings. The van der Waals surface area contributed by atoms with Crippen LogP contribution in [0.2, 0.25) is 0 Å². The lowest BCUT2D eigenvalue weighted by Gasteiger charge is -2.28. The number of amides is 2. The zero-order chi connectivity index (χ0) is 18.8. The Kier molecular flexibility index (Phi) is 4.46. The summed E-state index contributed by atoms with van der Waals surface area (Å²) >= 11 is 5.08. The highest BCUT2D eigenvalue weighted by molar-refractivity contribution is 7.80. The third-order valence-electron chi connectivity index (χ3n) is 3.62. The topological polar surface area (TPSA) is 113 Å². The first kappa shape index (κ1) is 17.2. The number of carbonyl (C=O) groups is 2. The predicted molar refractivity (Wildman–Crippen MR) is 97.4 cm³/mol. The van der Waals surface area contributed by atoms with Crippen LogP contribution in [0.3, 0.4) is 0 Å². The number of aromatic hydroxyl groups is 1. The van der Waals surface area contributed by atoms with Gasteiger partial charge in [-0.25, -0.2) is 0 Å². The van der Waals surface area contributed by atoms with Crippen molar-refractivity contribution in [2.24, 2.45) is 0 Å². The van der Waals surface area contributed by atoms with E-state index in [1.165, 1.54) is 12.1 Å². The van der Waals surface area contributed by atoms with Crippen LogP contribution in [0.1, 0.15) is 5.56 Å². The van der Waals surface area contributed by atoms with E-state index in [2.05, 4.69) is 5.32 Å². The minimum atomic E-state index is -0.758. The Morgan fingerprint density at radius 1 is 1.15 bits per heavy atom. The average molecular weight is 369 g/mol. The molecule has 8 nitrogen and oxygen atoms in total. The lowest BCUT2D eigenvalue weighted by molar-refractivity contribution is -0.385. The van der Waals surface area contributed by atoms with Crippen LogP contribution < -0.4 is 10.2 Å². The minimum Gasteiger partial charge on any atom is -0.502 e. The van der Waals surface area contributed by atoms with Crippen molar-refractivity contribution in [2.45, 2.75) is 0 Å². The number of benzene rings is 2. The molecule has 0 spiro atoms. The second-order valence-electron chi connectivity index (χ2n) is 5.30. The molecule has 0 unspecified atom stereocenters. The van der Waals surface area contributed by atoms with Gasteiger partial charge in [0.25, 0.3) is 11.8 Å². The molecular weight excluding hydrogens is 358 g/mol. The second-order valence-corrected chi connectivity index (χ2v) is 5.69. The summed E-state index contributed by atoms with van der Waals surface area (Å²) in [4.78, 5) is 36.3. The molecule has 0 saturated carbocycles. The molecule has 26 heavy (non-hydrogen) atoms. The maximum absolute atomic E-state index is 12.8. The van der Waals surface area contributed by atoms with Crippen LogP contribution >= 0.6 is 12.2 Å². The van der Waals surface area contributed by atoms with E-state index in [9.17, 15) is 24.8 Å². The van der Waals surface area contributed by atoms with E-state index in [0.717, 1.165) is 17.0 Å². The van der Waals surface area contributed by atoms with Gasteiger partial charge in [0.15, 0.2) is 10.9 Å². The number of hydrogen-bond donors (Lipinski definition) is 2. The van der Waals surface area contributed by atoms with Crippen molar-refractivity contribution in [3.63, 3.8) is 0 Å². The van der Waals surface area contributed by atoms with Crippen molar-refractivity contribution < 1.29 is 19.6 Å². The van der Waals surface area contributed by atoms with Gasteiger partial charge in [-0.3, -0.25) is 29.9 Å². The summed E-state index contributed by atoms with van der Waals surface area (Å²) in [6.45, 7) is 0. The highest BCUT2D eigenvalue weighted by Gasteiger charge is 2.34. The number of rotatable bonds is 3. The number of phenols is 1. The van der Waals surface area contributed by atoms with Crippen molar-refractivity contribution in [1.29, 1.82) is 0 Å². The molecule has 1 saturated heterocycles. The van der Waals surface area contributed by atoms with Crippen LogP contribution in [0, 0.1) is 10.1 Å². The van der Waals surface area contributed by atoms with Gasteiger partial charge in [-0.05, 0) is 42.1 Å². The summed E-state index contributed by atoms with van der Waals surface area (Å²) in [6.07, 6.45) is 1.21. The van der Waals surface area contributed by atoms with Crippen LogP contribution in [-0.2, 0) is 9.59 Å². The maximum atomic E-state index is 12.8. The molecule has 1 heterocycles. The quantitative estimate of drug-likeness (QED) is 0.282. The smallest absolute Gasteiger partial charge is 0.311 e.